The van der Waals surface area contributed by atoms with E-state index in [9.17, 15) is 9.59 Å². The highest BCUT2D eigenvalue weighted by atomic mass is 32.1. The minimum atomic E-state index is -0.362. The first kappa shape index (κ1) is 29.8. The Labute approximate surface area is 254 Å². The van der Waals surface area contributed by atoms with Crippen LogP contribution in [0.2, 0.25) is 0 Å². The summed E-state index contributed by atoms with van der Waals surface area (Å²) in [6, 6.07) is 15.1. The number of rotatable bonds is 10. The van der Waals surface area contributed by atoms with Crippen molar-refractivity contribution in [3.63, 3.8) is 0 Å². The maximum Gasteiger partial charge on any atom is 0.264 e. The lowest BCUT2D eigenvalue weighted by Crippen LogP contribution is -2.24. The van der Waals surface area contributed by atoms with E-state index in [0.29, 0.717) is 40.3 Å². The molecule has 5 rings (SSSR count). The van der Waals surface area contributed by atoms with Gasteiger partial charge in [0.2, 0.25) is 11.7 Å². The highest BCUT2D eigenvalue weighted by Gasteiger charge is 2.33. The maximum atomic E-state index is 12.8. The fourth-order valence-electron chi connectivity index (χ4n) is 5.00. The van der Waals surface area contributed by atoms with Crippen LogP contribution in [0, 0.1) is 6.92 Å². The van der Waals surface area contributed by atoms with Crippen LogP contribution in [0.1, 0.15) is 48.6 Å². The SMILES string of the molecule is CCc1ccc2nc(NC(=O)COc3cc(C4CC(c5cc(OC)c(OC)c(OC)c5)=NN4C(C)=O)ccc3C)sc2c1. The van der Waals surface area contributed by atoms with Crippen molar-refractivity contribution in [2.24, 2.45) is 5.10 Å². The number of hydrogen-bond donors (Lipinski definition) is 1. The second-order valence-electron chi connectivity index (χ2n) is 10.1. The lowest BCUT2D eigenvalue weighted by atomic mass is 9.97. The molecule has 3 aromatic carbocycles. The summed E-state index contributed by atoms with van der Waals surface area (Å²) in [5.41, 5.74) is 5.22. The summed E-state index contributed by atoms with van der Waals surface area (Å²) >= 11 is 1.44. The van der Waals surface area contributed by atoms with E-state index >= 15 is 0 Å². The zero-order valence-corrected chi connectivity index (χ0v) is 25.8. The Hall–Kier alpha value is -4.64. The highest BCUT2D eigenvalue weighted by Crippen LogP contribution is 2.41. The van der Waals surface area contributed by atoms with Crippen molar-refractivity contribution in [3.05, 3.63) is 70.8 Å². The predicted molar refractivity (Wildman–Crippen MR) is 167 cm³/mol. The molecule has 4 aromatic rings. The lowest BCUT2D eigenvalue weighted by Gasteiger charge is -2.21. The molecule has 0 saturated heterocycles. The van der Waals surface area contributed by atoms with E-state index in [1.54, 1.807) is 21.3 Å². The summed E-state index contributed by atoms with van der Waals surface area (Å²) in [5, 5.41) is 9.50. The molecule has 0 bridgehead atoms. The molecule has 1 unspecified atom stereocenters. The molecular formula is C32H34N4O6S. The van der Waals surface area contributed by atoms with Gasteiger partial charge in [0.05, 0.1) is 43.3 Å². The number of aryl methyl sites for hydroxylation is 2. The average molecular weight is 603 g/mol. The van der Waals surface area contributed by atoms with Gasteiger partial charge in [-0.3, -0.25) is 14.9 Å². The van der Waals surface area contributed by atoms with Crippen LogP contribution in [0.4, 0.5) is 5.13 Å². The quantitative estimate of drug-likeness (QED) is 0.240. The van der Waals surface area contributed by atoms with E-state index in [1.165, 1.54) is 28.8 Å². The van der Waals surface area contributed by atoms with Crippen LogP contribution in [0.5, 0.6) is 23.0 Å². The number of benzene rings is 3. The topological polar surface area (TPSA) is 112 Å². The van der Waals surface area contributed by atoms with Gasteiger partial charge in [-0.15, -0.1) is 0 Å². The summed E-state index contributed by atoms with van der Waals surface area (Å²) in [6.07, 6.45) is 1.39. The summed E-state index contributed by atoms with van der Waals surface area (Å²) in [5.74, 6) is 1.52. The maximum absolute atomic E-state index is 12.8. The molecule has 10 nitrogen and oxygen atoms in total. The summed E-state index contributed by atoms with van der Waals surface area (Å²) in [4.78, 5) is 29.9. The Morgan fingerprint density at radius 2 is 1.74 bits per heavy atom. The van der Waals surface area contributed by atoms with Gasteiger partial charge in [-0.25, -0.2) is 9.99 Å². The first-order chi connectivity index (χ1) is 20.7. The number of nitrogens with zero attached hydrogens (tertiary/aromatic N) is 3. The second-order valence-corrected chi connectivity index (χ2v) is 11.1. The van der Waals surface area contributed by atoms with Crippen molar-refractivity contribution >= 4 is 44.2 Å². The molecule has 2 heterocycles. The Morgan fingerprint density at radius 3 is 2.40 bits per heavy atom. The number of fused-ring (bicyclic) bond motifs is 1. The molecule has 224 valence electrons. The number of carbonyl (C=O) groups excluding carboxylic acids is 2. The summed E-state index contributed by atoms with van der Waals surface area (Å²) < 4.78 is 23.4. The fraction of sp³-hybridized carbons (Fsp3) is 0.312. The standard InChI is InChI=1S/C32H34N4O6S/c1-7-20-9-11-23-29(12-20)43-32(33-23)34-30(38)17-42-26-13-21(10-8-18(26)2)25-16-24(35-36(25)19(3)37)22-14-27(39-4)31(41-6)28(15-22)40-5/h8-15,25H,7,16-17H2,1-6H3,(H,33,34,38). The number of thiazole rings is 1. The molecule has 0 spiro atoms. The predicted octanol–water partition coefficient (Wildman–Crippen LogP) is 5.91. The number of carbonyl (C=O) groups is 2. The van der Waals surface area contributed by atoms with Crippen LogP contribution >= 0.6 is 11.3 Å². The zero-order valence-electron chi connectivity index (χ0n) is 25.0. The fourth-order valence-corrected chi connectivity index (χ4v) is 5.95. The molecule has 2 amide bonds. The van der Waals surface area contributed by atoms with E-state index < -0.39 is 0 Å². The van der Waals surface area contributed by atoms with E-state index in [4.69, 9.17) is 18.9 Å². The molecule has 0 saturated carbocycles. The molecule has 1 N–H and O–H groups in total. The van der Waals surface area contributed by atoms with Gasteiger partial charge in [-0.2, -0.15) is 5.10 Å². The van der Waals surface area contributed by atoms with Crippen molar-refractivity contribution in [1.29, 1.82) is 0 Å². The highest BCUT2D eigenvalue weighted by molar-refractivity contribution is 7.22. The van der Waals surface area contributed by atoms with Crippen molar-refractivity contribution in [1.82, 2.24) is 9.99 Å². The Kier molecular flexibility index (Phi) is 8.81. The number of hydrazone groups is 1. The van der Waals surface area contributed by atoms with Crippen LogP contribution in [0.25, 0.3) is 10.2 Å². The van der Waals surface area contributed by atoms with Gasteiger partial charge in [0.15, 0.2) is 23.2 Å². The van der Waals surface area contributed by atoms with Crippen molar-refractivity contribution in [2.75, 3.05) is 33.3 Å². The third-order valence-corrected chi connectivity index (χ3v) is 8.23. The molecule has 0 aliphatic carbocycles. The Balaban J connectivity index is 1.32. The summed E-state index contributed by atoms with van der Waals surface area (Å²) in [7, 11) is 4.65. The number of nitrogens with one attached hydrogen (secondary N) is 1. The van der Waals surface area contributed by atoms with E-state index in [-0.39, 0.29) is 24.5 Å². The van der Waals surface area contributed by atoms with Crippen molar-refractivity contribution < 1.29 is 28.5 Å². The second kappa shape index (κ2) is 12.7. The van der Waals surface area contributed by atoms with Crippen LogP contribution in [0.3, 0.4) is 0 Å². The zero-order chi connectivity index (χ0) is 30.7. The van der Waals surface area contributed by atoms with Gasteiger partial charge in [-0.05, 0) is 60.4 Å². The van der Waals surface area contributed by atoms with Gasteiger partial charge < -0.3 is 18.9 Å². The third-order valence-electron chi connectivity index (χ3n) is 7.29. The average Bonchev–Trinajstić information content (AvgIpc) is 3.64. The largest absolute Gasteiger partial charge is 0.493 e. The lowest BCUT2D eigenvalue weighted by molar-refractivity contribution is -0.130. The first-order valence-electron chi connectivity index (χ1n) is 13.8. The van der Waals surface area contributed by atoms with Gasteiger partial charge in [0.1, 0.15) is 5.75 Å². The molecular weight excluding hydrogens is 568 g/mol. The smallest absolute Gasteiger partial charge is 0.264 e. The van der Waals surface area contributed by atoms with Gasteiger partial charge in [-0.1, -0.05) is 36.5 Å². The molecule has 1 aliphatic rings. The minimum absolute atomic E-state index is 0.186. The minimum Gasteiger partial charge on any atom is -0.493 e. The van der Waals surface area contributed by atoms with Crippen LogP contribution in [0.15, 0.2) is 53.6 Å². The molecule has 1 atom stereocenters. The molecule has 0 radical (unpaired) electrons. The number of methoxy groups -OCH3 is 3. The van der Waals surface area contributed by atoms with Gasteiger partial charge in [0.25, 0.3) is 5.91 Å². The number of anilines is 1. The third kappa shape index (κ3) is 6.26. The number of ether oxygens (including phenoxy) is 4. The molecule has 0 fully saturated rings. The van der Waals surface area contributed by atoms with E-state index in [0.717, 1.165) is 33.3 Å². The number of amides is 2. The molecule has 1 aromatic heterocycles. The molecule has 11 heteroatoms. The number of hydrogen-bond acceptors (Lipinski definition) is 9. The number of aromatic nitrogens is 1. The van der Waals surface area contributed by atoms with E-state index in [2.05, 4.69) is 28.4 Å². The first-order valence-corrected chi connectivity index (χ1v) is 14.7. The normalized spacial score (nSPS) is 14.4. The van der Waals surface area contributed by atoms with Crippen LogP contribution in [-0.4, -0.2) is 55.5 Å². The van der Waals surface area contributed by atoms with Crippen molar-refractivity contribution in [2.45, 2.75) is 39.7 Å². The molecule has 1 aliphatic heterocycles. The van der Waals surface area contributed by atoms with Gasteiger partial charge >= 0.3 is 0 Å². The van der Waals surface area contributed by atoms with Gasteiger partial charge in [0, 0.05) is 18.9 Å². The molecule has 43 heavy (non-hydrogen) atoms. The van der Waals surface area contributed by atoms with Crippen LogP contribution in [-0.2, 0) is 16.0 Å². The van der Waals surface area contributed by atoms with E-state index in [1.807, 2.05) is 49.4 Å². The Morgan fingerprint density at radius 1 is 1.00 bits per heavy atom. The van der Waals surface area contributed by atoms with Crippen molar-refractivity contribution in [3.8, 4) is 23.0 Å². The monoisotopic (exact) mass is 602 g/mol. The summed E-state index contributed by atoms with van der Waals surface area (Å²) in [6.45, 7) is 5.31. The van der Waals surface area contributed by atoms with Crippen LogP contribution < -0.4 is 24.3 Å². The Bertz CT molecular complexity index is 1690.